The Kier molecular flexibility index (Phi) is 4.13. The lowest BCUT2D eigenvalue weighted by molar-refractivity contribution is 0.171. The van der Waals surface area contributed by atoms with E-state index in [1.54, 1.807) is 6.07 Å². The van der Waals surface area contributed by atoms with Gasteiger partial charge >= 0.3 is 0 Å². The third-order valence-electron chi connectivity index (χ3n) is 5.10. The largest absolute Gasteiger partial charge is 0.507 e. The quantitative estimate of drug-likeness (QED) is 0.734. The van der Waals surface area contributed by atoms with Gasteiger partial charge in [-0.3, -0.25) is 5.01 Å². The fourth-order valence-corrected chi connectivity index (χ4v) is 3.74. The summed E-state index contributed by atoms with van der Waals surface area (Å²) in [6.45, 7) is 1.13. The van der Waals surface area contributed by atoms with Crippen molar-refractivity contribution in [2.75, 3.05) is 18.2 Å². The second-order valence-corrected chi connectivity index (χ2v) is 6.87. The predicted octanol–water partition coefficient (Wildman–Crippen LogP) is 4.52. The molecule has 0 amide bonds. The topological polar surface area (TPSA) is 54.3 Å². The summed E-state index contributed by atoms with van der Waals surface area (Å²) in [7, 11) is 0. The minimum absolute atomic E-state index is 0.00725. The van der Waals surface area contributed by atoms with Crippen molar-refractivity contribution < 1.29 is 14.6 Å². The molecule has 5 rings (SSSR count). The number of aromatic hydroxyl groups is 1. The number of fused-ring (bicyclic) bond motifs is 1. The Balaban J connectivity index is 1.56. The molecule has 140 valence electrons. The lowest BCUT2D eigenvalue weighted by Crippen LogP contribution is -2.20. The molecule has 0 bridgehead atoms. The summed E-state index contributed by atoms with van der Waals surface area (Å²) in [5.41, 5.74) is 3.74. The minimum Gasteiger partial charge on any atom is -0.507 e. The van der Waals surface area contributed by atoms with Gasteiger partial charge in [0.1, 0.15) is 19.0 Å². The van der Waals surface area contributed by atoms with Gasteiger partial charge in [-0.2, -0.15) is 5.10 Å². The molecular weight excluding hydrogens is 352 g/mol. The Hall–Kier alpha value is -3.47. The van der Waals surface area contributed by atoms with Crippen LogP contribution in [0.5, 0.6) is 17.2 Å². The average molecular weight is 372 g/mol. The van der Waals surface area contributed by atoms with E-state index in [1.165, 1.54) is 0 Å². The van der Waals surface area contributed by atoms with Crippen molar-refractivity contribution in [2.45, 2.75) is 12.5 Å². The van der Waals surface area contributed by atoms with Crippen LogP contribution in [0.25, 0.3) is 0 Å². The van der Waals surface area contributed by atoms with E-state index in [0.29, 0.717) is 19.6 Å². The van der Waals surface area contributed by atoms with Gasteiger partial charge < -0.3 is 14.6 Å². The molecule has 5 heteroatoms. The highest BCUT2D eigenvalue weighted by atomic mass is 16.6. The first kappa shape index (κ1) is 16.7. The number of rotatable bonds is 3. The van der Waals surface area contributed by atoms with Crippen molar-refractivity contribution in [1.82, 2.24) is 0 Å². The zero-order valence-electron chi connectivity index (χ0n) is 15.3. The van der Waals surface area contributed by atoms with Crippen molar-refractivity contribution in [1.29, 1.82) is 0 Å². The number of phenolic OH excluding ortho intramolecular Hbond substituents is 1. The number of para-hydroxylation sites is 2. The van der Waals surface area contributed by atoms with E-state index in [9.17, 15) is 5.11 Å². The second-order valence-electron chi connectivity index (χ2n) is 6.87. The minimum atomic E-state index is 0.00725. The SMILES string of the molecule is Oc1ccccc1C1=NN(c2ccccc2)[C@H](c2ccc3c(c2)OCCO3)C1. The number of ether oxygens (including phenoxy) is 2. The highest BCUT2D eigenvalue weighted by molar-refractivity contribution is 6.05. The molecule has 0 unspecified atom stereocenters. The van der Waals surface area contributed by atoms with Crippen LogP contribution in [-0.4, -0.2) is 24.0 Å². The summed E-state index contributed by atoms with van der Waals surface area (Å²) >= 11 is 0. The van der Waals surface area contributed by atoms with E-state index in [2.05, 4.69) is 6.07 Å². The molecule has 0 aromatic heterocycles. The van der Waals surface area contributed by atoms with Gasteiger partial charge in [0.25, 0.3) is 0 Å². The van der Waals surface area contributed by atoms with Gasteiger partial charge in [-0.1, -0.05) is 36.4 Å². The molecule has 0 radical (unpaired) electrons. The summed E-state index contributed by atoms with van der Waals surface area (Å²) in [6, 6.07) is 23.5. The van der Waals surface area contributed by atoms with E-state index in [-0.39, 0.29) is 11.8 Å². The summed E-state index contributed by atoms with van der Waals surface area (Å²) < 4.78 is 11.4. The van der Waals surface area contributed by atoms with Crippen molar-refractivity contribution in [3.63, 3.8) is 0 Å². The molecule has 0 spiro atoms. The van der Waals surface area contributed by atoms with Gasteiger partial charge in [0.2, 0.25) is 0 Å². The molecule has 2 aliphatic heterocycles. The molecular formula is C23H20N2O3. The summed E-state index contributed by atoms with van der Waals surface area (Å²) in [5, 5.41) is 17.2. The fraction of sp³-hybridized carbons (Fsp3) is 0.174. The Morgan fingerprint density at radius 2 is 1.61 bits per heavy atom. The number of hydrogen-bond acceptors (Lipinski definition) is 5. The van der Waals surface area contributed by atoms with Crippen LogP contribution in [0.1, 0.15) is 23.6 Å². The van der Waals surface area contributed by atoms with E-state index < -0.39 is 0 Å². The zero-order valence-corrected chi connectivity index (χ0v) is 15.3. The monoisotopic (exact) mass is 372 g/mol. The molecule has 2 heterocycles. The van der Waals surface area contributed by atoms with Crippen LogP contribution in [0.3, 0.4) is 0 Å². The fourth-order valence-electron chi connectivity index (χ4n) is 3.74. The zero-order chi connectivity index (χ0) is 18.9. The Morgan fingerprint density at radius 1 is 0.857 bits per heavy atom. The van der Waals surface area contributed by atoms with E-state index >= 15 is 0 Å². The van der Waals surface area contributed by atoms with Gasteiger partial charge in [0.15, 0.2) is 11.5 Å². The number of hydrazone groups is 1. The number of hydrogen-bond donors (Lipinski definition) is 1. The highest BCUT2D eigenvalue weighted by Crippen LogP contribution is 2.41. The first-order chi connectivity index (χ1) is 13.8. The Bertz CT molecular complexity index is 1030. The Morgan fingerprint density at radius 3 is 2.43 bits per heavy atom. The smallest absolute Gasteiger partial charge is 0.161 e. The molecule has 1 N–H and O–H groups in total. The van der Waals surface area contributed by atoms with Crippen LogP contribution in [0.15, 0.2) is 77.9 Å². The van der Waals surface area contributed by atoms with Crippen molar-refractivity contribution >= 4 is 11.4 Å². The standard InChI is InChI=1S/C23H20N2O3/c26-21-9-5-4-8-18(21)19-15-20(25(24-19)17-6-2-1-3-7-17)16-10-11-22-23(14-16)28-13-12-27-22/h1-11,14,20,26H,12-13,15H2/t20-/m0/s1. The maximum Gasteiger partial charge on any atom is 0.161 e. The third-order valence-corrected chi connectivity index (χ3v) is 5.10. The molecule has 2 aliphatic rings. The van der Waals surface area contributed by atoms with E-state index in [0.717, 1.165) is 34.0 Å². The summed E-state index contributed by atoms with van der Waals surface area (Å²) in [5.74, 6) is 1.80. The third kappa shape index (κ3) is 2.95. The molecule has 0 saturated heterocycles. The lowest BCUT2D eigenvalue weighted by Gasteiger charge is -2.25. The second kappa shape index (κ2) is 6.93. The molecule has 0 aliphatic carbocycles. The summed E-state index contributed by atoms with van der Waals surface area (Å²) in [4.78, 5) is 0. The van der Waals surface area contributed by atoms with Crippen LogP contribution in [0.2, 0.25) is 0 Å². The van der Waals surface area contributed by atoms with Crippen LogP contribution in [-0.2, 0) is 0 Å². The number of phenols is 1. The van der Waals surface area contributed by atoms with Crippen molar-refractivity contribution in [3.8, 4) is 17.2 Å². The maximum atomic E-state index is 10.3. The van der Waals surface area contributed by atoms with E-state index in [4.69, 9.17) is 14.6 Å². The number of anilines is 1. The average Bonchev–Trinajstić information content (AvgIpc) is 3.19. The van der Waals surface area contributed by atoms with Crippen molar-refractivity contribution in [3.05, 3.63) is 83.9 Å². The van der Waals surface area contributed by atoms with Crippen LogP contribution in [0.4, 0.5) is 5.69 Å². The molecule has 0 fully saturated rings. The van der Waals surface area contributed by atoms with Gasteiger partial charge in [0, 0.05) is 12.0 Å². The normalized spacial score (nSPS) is 18.1. The molecule has 3 aromatic rings. The molecule has 5 nitrogen and oxygen atoms in total. The van der Waals surface area contributed by atoms with Gasteiger partial charge in [-0.15, -0.1) is 0 Å². The molecule has 1 atom stereocenters. The van der Waals surface area contributed by atoms with Gasteiger partial charge in [-0.05, 0) is 42.0 Å². The number of benzene rings is 3. The first-order valence-electron chi connectivity index (χ1n) is 9.39. The first-order valence-corrected chi connectivity index (χ1v) is 9.39. The van der Waals surface area contributed by atoms with Crippen LogP contribution in [0, 0.1) is 0 Å². The molecule has 28 heavy (non-hydrogen) atoms. The molecule has 3 aromatic carbocycles. The van der Waals surface area contributed by atoms with E-state index in [1.807, 2.05) is 65.7 Å². The van der Waals surface area contributed by atoms with Gasteiger partial charge in [-0.25, -0.2) is 0 Å². The van der Waals surface area contributed by atoms with Gasteiger partial charge in [0.05, 0.1) is 17.4 Å². The lowest BCUT2D eigenvalue weighted by atomic mass is 9.97. The molecule has 0 saturated carbocycles. The highest BCUT2D eigenvalue weighted by Gasteiger charge is 2.31. The van der Waals surface area contributed by atoms with Crippen LogP contribution < -0.4 is 14.5 Å². The predicted molar refractivity (Wildman–Crippen MR) is 108 cm³/mol. The number of nitrogens with zero attached hydrogens (tertiary/aromatic N) is 2. The Labute approximate surface area is 163 Å². The van der Waals surface area contributed by atoms with Crippen LogP contribution >= 0.6 is 0 Å². The maximum absolute atomic E-state index is 10.3. The van der Waals surface area contributed by atoms with Crippen molar-refractivity contribution in [2.24, 2.45) is 5.10 Å². The summed E-state index contributed by atoms with van der Waals surface area (Å²) in [6.07, 6.45) is 0.687.